The van der Waals surface area contributed by atoms with E-state index in [4.69, 9.17) is 19.6 Å². The van der Waals surface area contributed by atoms with Gasteiger partial charge in [-0.05, 0) is 54.6 Å². The van der Waals surface area contributed by atoms with E-state index in [-0.39, 0.29) is 42.4 Å². The summed E-state index contributed by atoms with van der Waals surface area (Å²) in [6.45, 7) is 7.18. The number of ether oxygens (including phenoxy) is 2. The van der Waals surface area contributed by atoms with Crippen molar-refractivity contribution >= 4 is 33.2 Å². The van der Waals surface area contributed by atoms with Gasteiger partial charge in [0.25, 0.3) is 5.91 Å². The van der Waals surface area contributed by atoms with E-state index in [0.717, 1.165) is 28.3 Å². The summed E-state index contributed by atoms with van der Waals surface area (Å²) in [5, 5.41) is 10.5. The van der Waals surface area contributed by atoms with Gasteiger partial charge in [0.1, 0.15) is 35.4 Å². The van der Waals surface area contributed by atoms with Crippen molar-refractivity contribution in [2.75, 3.05) is 26.9 Å². The number of hydrogen-bond acceptors (Lipinski definition) is 7. The number of halogens is 2. The molecule has 47 heavy (non-hydrogen) atoms. The second kappa shape index (κ2) is 12.3. The van der Waals surface area contributed by atoms with Gasteiger partial charge in [-0.3, -0.25) is 14.3 Å². The zero-order valence-electron chi connectivity index (χ0n) is 25.8. The third kappa shape index (κ3) is 5.47. The number of rotatable bonds is 8. The lowest BCUT2D eigenvalue weighted by atomic mass is 9.93. The number of nitrogens with zero attached hydrogens (tertiary/aromatic N) is 4. The lowest BCUT2D eigenvalue weighted by Gasteiger charge is -2.33. The summed E-state index contributed by atoms with van der Waals surface area (Å²) in [5.74, 6) is -1.85. The molecule has 1 atom stereocenters. The van der Waals surface area contributed by atoms with Gasteiger partial charge in [0.05, 0.1) is 36.6 Å². The quantitative estimate of drug-likeness (QED) is 0.163. The van der Waals surface area contributed by atoms with Crippen LogP contribution < -0.4 is 10.1 Å². The number of thiophene rings is 1. The largest absolute Gasteiger partial charge is 0.490 e. The van der Waals surface area contributed by atoms with E-state index in [1.165, 1.54) is 30.6 Å². The Balaban J connectivity index is 1.48. The number of carbonyl (C=O) groups is 2. The minimum atomic E-state index is -0.803. The maximum Gasteiger partial charge on any atom is 0.251 e. The Morgan fingerprint density at radius 3 is 2.81 bits per heavy atom. The number of carbonyl (C=O) groups excluding carboxylic acids is 2. The molecule has 0 saturated heterocycles. The normalized spacial score (nSPS) is 15.7. The Kier molecular flexibility index (Phi) is 8.06. The fourth-order valence-electron chi connectivity index (χ4n) is 6.33. The van der Waals surface area contributed by atoms with Gasteiger partial charge >= 0.3 is 0 Å². The van der Waals surface area contributed by atoms with Crippen molar-refractivity contribution < 1.29 is 27.8 Å². The van der Waals surface area contributed by atoms with E-state index < -0.39 is 11.6 Å². The number of pyridine rings is 1. The van der Waals surface area contributed by atoms with Crippen LogP contribution in [0, 0.1) is 11.6 Å². The standard InChI is InChI=1S/C35H31F2N5O4S/c1-4-29(43)41-18-23-16-27(40-42(23)17-19(41)2)33-31(30-26(37)14-22(36)15-28(30)46-11-10-45-3)34-25(8-12-47-34)32(39-33)21-5-6-24-20(13-21)7-9-38-35(24)44/h4-6,8,12-16,19H,1,7,9-11,17-18H2,2-3H3,(H,38,44). The van der Waals surface area contributed by atoms with Crippen molar-refractivity contribution in [2.24, 2.45) is 0 Å². The molecule has 2 aliphatic heterocycles. The summed E-state index contributed by atoms with van der Waals surface area (Å²) in [6, 6.07) is 11.3. The summed E-state index contributed by atoms with van der Waals surface area (Å²) in [7, 11) is 1.52. The Bertz CT molecular complexity index is 2070. The summed E-state index contributed by atoms with van der Waals surface area (Å²) < 4.78 is 44.3. The number of hydrogen-bond donors (Lipinski definition) is 1. The van der Waals surface area contributed by atoms with Gasteiger partial charge in [-0.25, -0.2) is 13.8 Å². The van der Waals surface area contributed by atoms with Crippen LogP contribution in [0.5, 0.6) is 5.75 Å². The fourth-order valence-corrected chi connectivity index (χ4v) is 7.28. The third-order valence-corrected chi connectivity index (χ3v) is 9.52. The predicted molar refractivity (Wildman–Crippen MR) is 175 cm³/mol. The van der Waals surface area contributed by atoms with Crippen LogP contribution >= 0.6 is 11.3 Å². The molecule has 2 aliphatic rings. The van der Waals surface area contributed by atoms with Gasteiger partial charge in [-0.1, -0.05) is 12.6 Å². The van der Waals surface area contributed by atoms with Crippen LogP contribution in [-0.4, -0.2) is 64.4 Å². The molecule has 2 aromatic carbocycles. The highest BCUT2D eigenvalue weighted by atomic mass is 32.1. The molecule has 2 amide bonds. The highest BCUT2D eigenvalue weighted by molar-refractivity contribution is 7.18. The summed E-state index contributed by atoms with van der Waals surface area (Å²) in [5.41, 5.74) is 5.09. The SMILES string of the molecule is C=CC(=O)N1Cc2cc(-c3nc(-c4ccc5c(c4)CCNC5=O)c4ccsc4c3-c3c(F)cc(F)cc3OCCOC)nn2CC1C. The minimum Gasteiger partial charge on any atom is -0.490 e. The lowest BCUT2D eigenvalue weighted by Crippen LogP contribution is -2.44. The highest BCUT2D eigenvalue weighted by Crippen LogP contribution is 2.47. The fraction of sp³-hybridized carbons (Fsp3) is 0.257. The molecule has 12 heteroatoms. The van der Waals surface area contributed by atoms with Gasteiger partial charge < -0.3 is 19.7 Å². The number of fused-ring (bicyclic) bond motifs is 3. The molecule has 240 valence electrons. The smallest absolute Gasteiger partial charge is 0.251 e. The van der Waals surface area contributed by atoms with Crippen molar-refractivity contribution in [2.45, 2.75) is 32.5 Å². The molecule has 5 heterocycles. The van der Waals surface area contributed by atoms with Gasteiger partial charge in [-0.15, -0.1) is 11.3 Å². The van der Waals surface area contributed by atoms with E-state index in [2.05, 4.69) is 11.9 Å². The second-order valence-electron chi connectivity index (χ2n) is 11.5. The number of aromatic nitrogens is 3. The topological polar surface area (TPSA) is 98.6 Å². The molecular weight excluding hydrogens is 624 g/mol. The first-order valence-corrected chi connectivity index (χ1v) is 16.1. The first-order valence-electron chi connectivity index (χ1n) is 15.2. The predicted octanol–water partition coefficient (Wildman–Crippen LogP) is 6.00. The Morgan fingerprint density at radius 2 is 2.00 bits per heavy atom. The van der Waals surface area contributed by atoms with Crippen molar-refractivity contribution in [1.82, 2.24) is 25.0 Å². The van der Waals surface area contributed by atoms with Crippen molar-refractivity contribution in [3.05, 3.63) is 89.0 Å². The third-order valence-electron chi connectivity index (χ3n) is 8.59. The molecule has 0 bridgehead atoms. The van der Waals surface area contributed by atoms with Crippen LogP contribution in [0.1, 0.15) is 28.5 Å². The van der Waals surface area contributed by atoms with Crippen LogP contribution in [0.25, 0.3) is 43.9 Å². The number of nitrogens with one attached hydrogen (secondary N) is 1. The van der Waals surface area contributed by atoms with E-state index in [0.29, 0.717) is 59.0 Å². The van der Waals surface area contributed by atoms with E-state index in [9.17, 15) is 14.0 Å². The van der Waals surface area contributed by atoms with Crippen LogP contribution in [0.3, 0.4) is 0 Å². The molecule has 5 aromatic rings. The summed E-state index contributed by atoms with van der Waals surface area (Å²) in [6.07, 6.45) is 1.98. The first-order chi connectivity index (χ1) is 22.8. The van der Waals surface area contributed by atoms with E-state index in [1.807, 2.05) is 41.3 Å². The maximum atomic E-state index is 16.1. The van der Waals surface area contributed by atoms with Gasteiger partial charge in [0.2, 0.25) is 5.91 Å². The molecule has 1 N–H and O–H groups in total. The van der Waals surface area contributed by atoms with Crippen molar-refractivity contribution in [1.29, 1.82) is 0 Å². The molecule has 1 unspecified atom stereocenters. The van der Waals surface area contributed by atoms with E-state index >= 15 is 4.39 Å². The van der Waals surface area contributed by atoms with Crippen LogP contribution in [0.4, 0.5) is 8.78 Å². The molecule has 0 aliphatic carbocycles. The molecule has 0 radical (unpaired) electrons. The summed E-state index contributed by atoms with van der Waals surface area (Å²) in [4.78, 5) is 32.0. The summed E-state index contributed by atoms with van der Waals surface area (Å²) >= 11 is 1.40. The Morgan fingerprint density at radius 1 is 1.15 bits per heavy atom. The number of benzene rings is 2. The Hall–Kier alpha value is -4.94. The van der Waals surface area contributed by atoms with Crippen LogP contribution in [-0.2, 0) is 29.0 Å². The molecule has 0 fully saturated rings. The van der Waals surface area contributed by atoms with Crippen LogP contribution in [0.2, 0.25) is 0 Å². The average Bonchev–Trinajstić information content (AvgIpc) is 3.71. The molecule has 3 aromatic heterocycles. The minimum absolute atomic E-state index is 0.0187. The highest BCUT2D eigenvalue weighted by Gasteiger charge is 2.31. The molecule has 0 saturated carbocycles. The number of methoxy groups -OCH3 is 1. The lowest BCUT2D eigenvalue weighted by molar-refractivity contribution is -0.129. The maximum absolute atomic E-state index is 16.1. The molecule has 9 nitrogen and oxygen atoms in total. The monoisotopic (exact) mass is 655 g/mol. The van der Waals surface area contributed by atoms with Crippen LogP contribution in [0.15, 0.2) is 60.5 Å². The number of amides is 2. The zero-order valence-corrected chi connectivity index (χ0v) is 26.6. The first kappa shape index (κ1) is 30.7. The second-order valence-corrected chi connectivity index (χ2v) is 12.5. The van der Waals surface area contributed by atoms with Crippen molar-refractivity contribution in [3.63, 3.8) is 0 Å². The molecular formula is C35H31F2N5O4S. The Labute approximate surface area is 273 Å². The van der Waals surface area contributed by atoms with Crippen molar-refractivity contribution in [3.8, 4) is 39.5 Å². The van der Waals surface area contributed by atoms with Gasteiger partial charge in [0.15, 0.2) is 0 Å². The molecule has 0 spiro atoms. The average molecular weight is 656 g/mol. The zero-order chi connectivity index (χ0) is 32.8. The van der Waals surface area contributed by atoms with Gasteiger partial charge in [-0.2, -0.15) is 5.10 Å². The van der Waals surface area contributed by atoms with E-state index in [1.54, 1.807) is 11.0 Å². The van der Waals surface area contributed by atoms with Gasteiger partial charge in [0, 0.05) is 58.6 Å². The molecule has 7 rings (SSSR count).